The molecule has 0 aliphatic carbocycles. The van der Waals surface area contributed by atoms with Gasteiger partial charge < -0.3 is 20.3 Å². The zero-order chi connectivity index (χ0) is 19.4. The van der Waals surface area contributed by atoms with E-state index < -0.39 is 0 Å². The summed E-state index contributed by atoms with van der Waals surface area (Å²) in [4.78, 5) is 20.6. The molecular weight excluding hydrogens is 483 g/mol. The minimum atomic E-state index is 0. The summed E-state index contributed by atoms with van der Waals surface area (Å²) in [6.07, 6.45) is 3.61. The van der Waals surface area contributed by atoms with Gasteiger partial charge in [-0.05, 0) is 13.0 Å². The molecule has 0 radical (unpaired) electrons. The van der Waals surface area contributed by atoms with Gasteiger partial charge in [-0.1, -0.05) is 0 Å². The Bertz CT molecular complexity index is 577. The maximum Gasteiger partial charge on any atom is 0.225 e. The van der Waals surface area contributed by atoms with Crippen molar-refractivity contribution in [2.75, 3.05) is 90.1 Å². The van der Waals surface area contributed by atoms with E-state index in [1.165, 1.54) is 0 Å². The molecule has 3 heterocycles. The Balaban J connectivity index is 0.00000300. The second-order valence-corrected chi connectivity index (χ2v) is 7.02. The first-order valence-corrected chi connectivity index (χ1v) is 10.4. The van der Waals surface area contributed by atoms with Crippen LogP contribution in [0.2, 0.25) is 0 Å². The van der Waals surface area contributed by atoms with Gasteiger partial charge in [-0.15, -0.1) is 24.0 Å². The fourth-order valence-corrected chi connectivity index (χ4v) is 3.43. The predicted octanol–water partition coefficient (Wildman–Crippen LogP) is 0.104. The first-order valence-electron chi connectivity index (χ1n) is 10.4. The van der Waals surface area contributed by atoms with E-state index >= 15 is 0 Å². The van der Waals surface area contributed by atoms with Crippen molar-refractivity contribution >= 4 is 35.9 Å². The molecule has 9 nitrogen and oxygen atoms in total. The third-order valence-corrected chi connectivity index (χ3v) is 5.06. The number of aliphatic imine (C=N–C) groups is 1. The van der Waals surface area contributed by atoms with Crippen LogP contribution < -0.4 is 15.5 Å². The number of morpholine rings is 1. The molecule has 164 valence electrons. The highest BCUT2D eigenvalue weighted by Crippen LogP contribution is 2.09. The molecule has 2 aliphatic heterocycles. The maximum atomic E-state index is 5.40. The Hall–Kier alpha value is -1.24. The van der Waals surface area contributed by atoms with E-state index in [0.29, 0.717) is 0 Å². The van der Waals surface area contributed by atoms with E-state index in [2.05, 4.69) is 42.2 Å². The number of halogens is 1. The smallest absolute Gasteiger partial charge is 0.225 e. The number of aromatic nitrogens is 2. The van der Waals surface area contributed by atoms with Crippen molar-refractivity contribution in [3.05, 3.63) is 18.5 Å². The lowest BCUT2D eigenvalue weighted by Crippen LogP contribution is -2.48. The second kappa shape index (κ2) is 13.9. The molecule has 2 fully saturated rings. The summed E-state index contributed by atoms with van der Waals surface area (Å²) in [5.41, 5.74) is 0. The van der Waals surface area contributed by atoms with E-state index in [1.54, 1.807) is 12.4 Å². The van der Waals surface area contributed by atoms with Gasteiger partial charge in [-0.25, -0.2) is 9.97 Å². The summed E-state index contributed by atoms with van der Waals surface area (Å²) in [5, 5.41) is 6.79. The maximum absolute atomic E-state index is 5.40. The average molecular weight is 518 g/mol. The second-order valence-electron chi connectivity index (χ2n) is 7.02. The SMILES string of the molecule is CCNC(=NCCN1CCN(c2ncccn2)CC1)NCCN1CCOCC1.I. The monoisotopic (exact) mass is 518 g/mol. The van der Waals surface area contributed by atoms with Crippen LogP contribution in [0.25, 0.3) is 0 Å². The molecule has 2 N–H and O–H groups in total. The minimum absolute atomic E-state index is 0. The van der Waals surface area contributed by atoms with Crippen molar-refractivity contribution < 1.29 is 4.74 Å². The number of anilines is 1. The van der Waals surface area contributed by atoms with Gasteiger partial charge in [0.25, 0.3) is 0 Å². The van der Waals surface area contributed by atoms with Crippen LogP contribution in [0, 0.1) is 0 Å². The number of hydrogen-bond acceptors (Lipinski definition) is 7. The van der Waals surface area contributed by atoms with E-state index in [4.69, 9.17) is 9.73 Å². The van der Waals surface area contributed by atoms with Gasteiger partial charge in [0.15, 0.2) is 5.96 Å². The Morgan fingerprint density at radius 2 is 1.69 bits per heavy atom. The van der Waals surface area contributed by atoms with Crippen LogP contribution in [0.5, 0.6) is 0 Å². The molecule has 29 heavy (non-hydrogen) atoms. The molecule has 0 aromatic carbocycles. The van der Waals surface area contributed by atoms with Gasteiger partial charge in [0.1, 0.15) is 0 Å². The van der Waals surface area contributed by atoms with Crippen molar-refractivity contribution in [2.45, 2.75) is 6.92 Å². The minimum Gasteiger partial charge on any atom is -0.379 e. The molecule has 2 saturated heterocycles. The highest BCUT2D eigenvalue weighted by molar-refractivity contribution is 14.0. The number of rotatable bonds is 8. The first kappa shape index (κ1) is 24.0. The lowest BCUT2D eigenvalue weighted by molar-refractivity contribution is 0.0389. The van der Waals surface area contributed by atoms with Crippen LogP contribution in [-0.4, -0.2) is 111 Å². The van der Waals surface area contributed by atoms with Gasteiger partial charge >= 0.3 is 0 Å². The Morgan fingerprint density at radius 3 is 2.38 bits per heavy atom. The lowest BCUT2D eigenvalue weighted by Gasteiger charge is -2.34. The Morgan fingerprint density at radius 1 is 1.00 bits per heavy atom. The summed E-state index contributed by atoms with van der Waals surface area (Å²) >= 11 is 0. The van der Waals surface area contributed by atoms with Crippen molar-refractivity contribution in [1.29, 1.82) is 0 Å². The molecule has 0 unspecified atom stereocenters. The van der Waals surface area contributed by atoms with Crippen molar-refractivity contribution in [1.82, 2.24) is 30.4 Å². The summed E-state index contributed by atoms with van der Waals surface area (Å²) < 4.78 is 5.40. The molecule has 3 rings (SSSR count). The standard InChI is InChI=1S/C19H34N8O.HI/c1-2-20-18(22-7-9-26-14-16-28-17-15-26)21-6-8-25-10-12-27(13-11-25)19-23-4-3-5-24-19;/h3-5H,2,6-17H2,1H3,(H2,20,21,22);1H. The molecule has 10 heteroatoms. The van der Waals surface area contributed by atoms with Crippen LogP contribution in [0.4, 0.5) is 5.95 Å². The number of ether oxygens (including phenoxy) is 1. The molecule has 1 aromatic rings. The van der Waals surface area contributed by atoms with E-state index in [1.807, 2.05) is 6.07 Å². The number of nitrogens with one attached hydrogen (secondary N) is 2. The lowest BCUT2D eigenvalue weighted by atomic mass is 10.3. The summed E-state index contributed by atoms with van der Waals surface area (Å²) in [6, 6.07) is 1.86. The fourth-order valence-electron chi connectivity index (χ4n) is 3.43. The molecule has 0 saturated carbocycles. The first-order chi connectivity index (χ1) is 13.8. The Labute approximate surface area is 191 Å². The molecule has 0 bridgehead atoms. The van der Waals surface area contributed by atoms with E-state index in [-0.39, 0.29) is 24.0 Å². The van der Waals surface area contributed by atoms with E-state index in [9.17, 15) is 0 Å². The van der Waals surface area contributed by atoms with E-state index in [0.717, 1.165) is 97.1 Å². The quantitative estimate of drug-likeness (QED) is 0.285. The van der Waals surface area contributed by atoms with Crippen LogP contribution in [0.3, 0.4) is 0 Å². The summed E-state index contributed by atoms with van der Waals surface area (Å²) in [5.74, 6) is 1.74. The third kappa shape index (κ3) is 8.57. The predicted molar refractivity (Wildman–Crippen MR) is 127 cm³/mol. The van der Waals surface area contributed by atoms with Gasteiger partial charge in [0.05, 0.1) is 19.8 Å². The van der Waals surface area contributed by atoms with Gasteiger partial charge in [0, 0.05) is 77.8 Å². The van der Waals surface area contributed by atoms with Crippen molar-refractivity contribution in [2.24, 2.45) is 4.99 Å². The zero-order valence-electron chi connectivity index (χ0n) is 17.4. The molecule has 1 aromatic heterocycles. The van der Waals surface area contributed by atoms with Gasteiger partial charge in [-0.2, -0.15) is 0 Å². The van der Waals surface area contributed by atoms with Crippen LogP contribution in [0.15, 0.2) is 23.5 Å². The number of nitrogens with zero attached hydrogens (tertiary/aromatic N) is 6. The molecule has 2 aliphatic rings. The van der Waals surface area contributed by atoms with Gasteiger partial charge in [0.2, 0.25) is 5.95 Å². The normalized spacial score (nSPS) is 18.9. The van der Waals surface area contributed by atoms with Crippen molar-refractivity contribution in [3.63, 3.8) is 0 Å². The zero-order valence-corrected chi connectivity index (χ0v) is 19.8. The number of piperazine rings is 1. The largest absolute Gasteiger partial charge is 0.379 e. The van der Waals surface area contributed by atoms with Crippen molar-refractivity contribution in [3.8, 4) is 0 Å². The number of guanidine groups is 1. The number of hydrogen-bond donors (Lipinski definition) is 2. The Kier molecular flexibility index (Phi) is 11.5. The third-order valence-electron chi connectivity index (χ3n) is 5.06. The van der Waals surface area contributed by atoms with Gasteiger partial charge in [-0.3, -0.25) is 14.8 Å². The highest BCUT2D eigenvalue weighted by atomic mass is 127. The summed E-state index contributed by atoms with van der Waals surface area (Å²) in [6.45, 7) is 14.4. The average Bonchev–Trinajstić information content (AvgIpc) is 2.76. The molecule has 0 amide bonds. The van der Waals surface area contributed by atoms with Crippen LogP contribution >= 0.6 is 24.0 Å². The molecule has 0 atom stereocenters. The fraction of sp³-hybridized carbons (Fsp3) is 0.737. The topological polar surface area (TPSA) is 81.2 Å². The summed E-state index contributed by atoms with van der Waals surface area (Å²) in [7, 11) is 0. The molecular formula is C19H35IN8O. The highest BCUT2D eigenvalue weighted by Gasteiger charge is 2.18. The van der Waals surface area contributed by atoms with Crippen LogP contribution in [0.1, 0.15) is 6.92 Å². The van der Waals surface area contributed by atoms with Crippen LogP contribution in [-0.2, 0) is 4.74 Å². The molecule has 0 spiro atoms.